The van der Waals surface area contributed by atoms with Gasteiger partial charge in [-0.2, -0.15) is 0 Å². The van der Waals surface area contributed by atoms with E-state index in [1.807, 2.05) is 0 Å². The lowest BCUT2D eigenvalue weighted by Crippen LogP contribution is -2.56. The summed E-state index contributed by atoms with van der Waals surface area (Å²) >= 11 is 6.18. The Hall–Kier alpha value is -1.53. The van der Waals surface area contributed by atoms with Crippen LogP contribution < -0.4 is 0 Å². The SMILES string of the molecule is COC(=O)C1=C[C@H](O)[C@H](O)[C@H](O[C@H]2C(C(=O)OC)=C[C@@H](O)[C@@H](O)[C@H]2O)[C@H]1Cl. The van der Waals surface area contributed by atoms with Gasteiger partial charge in [0, 0.05) is 0 Å². The molecule has 8 atom stereocenters. The number of hydrogen-bond acceptors (Lipinski definition) is 10. The van der Waals surface area contributed by atoms with Crippen molar-refractivity contribution in [2.45, 2.75) is 48.1 Å². The average Bonchev–Trinajstić information content (AvgIpc) is 2.66. The monoisotopic (exact) mass is 408 g/mol. The summed E-state index contributed by atoms with van der Waals surface area (Å²) < 4.78 is 14.7. The van der Waals surface area contributed by atoms with Crippen LogP contribution in [0.4, 0.5) is 0 Å². The average molecular weight is 409 g/mol. The lowest BCUT2D eigenvalue weighted by molar-refractivity contribution is -0.167. The molecule has 0 radical (unpaired) electrons. The van der Waals surface area contributed by atoms with Gasteiger partial charge in [0.15, 0.2) is 0 Å². The molecular weight excluding hydrogens is 388 g/mol. The van der Waals surface area contributed by atoms with Gasteiger partial charge < -0.3 is 39.7 Å². The lowest BCUT2D eigenvalue weighted by Gasteiger charge is -2.40. The predicted molar refractivity (Wildman–Crippen MR) is 88.5 cm³/mol. The maximum atomic E-state index is 12.0. The fraction of sp³-hybridized carbons (Fsp3) is 0.625. The predicted octanol–water partition coefficient (Wildman–Crippen LogP) is -2.62. The molecule has 2 aliphatic rings. The summed E-state index contributed by atoms with van der Waals surface area (Å²) in [4.78, 5) is 23.8. The number of aliphatic hydroxyl groups is 5. The van der Waals surface area contributed by atoms with Gasteiger partial charge in [0.1, 0.15) is 42.7 Å². The number of carbonyl (C=O) groups excluding carboxylic acids is 2. The van der Waals surface area contributed by atoms with Gasteiger partial charge in [0.05, 0.1) is 30.7 Å². The van der Waals surface area contributed by atoms with Crippen molar-refractivity contribution in [3.63, 3.8) is 0 Å². The third-order valence-electron chi connectivity index (χ3n) is 4.44. The van der Waals surface area contributed by atoms with Crippen LogP contribution in [0.25, 0.3) is 0 Å². The Labute approximate surface area is 159 Å². The summed E-state index contributed by atoms with van der Waals surface area (Å²) in [6.07, 6.45) is -9.25. The Bertz CT molecular complexity index is 647. The third kappa shape index (κ3) is 4.16. The van der Waals surface area contributed by atoms with E-state index in [1.165, 1.54) is 0 Å². The van der Waals surface area contributed by atoms with Crippen LogP contribution in [0.2, 0.25) is 0 Å². The highest BCUT2D eigenvalue weighted by molar-refractivity contribution is 6.26. The summed E-state index contributed by atoms with van der Waals surface area (Å²) in [6.45, 7) is 0. The summed E-state index contributed by atoms with van der Waals surface area (Å²) in [6, 6.07) is 0. The Balaban J connectivity index is 2.36. The van der Waals surface area contributed by atoms with Crippen LogP contribution in [-0.2, 0) is 23.8 Å². The second kappa shape index (κ2) is 8.65. The van der Waals surface area contributed by atoms with Crippen LogP contribution in [0.5, 0.6) is 0 Å². The first-order chi connectivity index (χ1) is 12.6. The number of esters is 2. The molecule has 27 heavy (non-hydrogen) atoms. The van der Waals surface area contributed by atoms with Gasteiger partial charge in [-0.05, 0) is 12.2 Å². The van der Waals surface area contributed by atoms with E-state index < -0.39 is 60.0 Å². The molecule has 5 N–H and O–H groups in total. The molecule has 0 spiro atoms. The van der Waals surface area contributed by atoms with Crippen molar-refractivity contribution in [1.29, 1.82) is 0 Å². The number of halogens is 1. The minimum atomic E-state index is -1.78. The topological polar surface area (TPSA) is 163 Å². The standard InChI is InChI=1S/C16H21ClO10/c1-25-15(23)5-3-8(19)11(21)14(9(5)17)27-13-6(16(24)26-2)4-7(18)10(20)12(13)22/h3-4,7-14,18-22H,1-2H3/t7-,8+,9+,10-,11+,12-,13+,14-/m1/s1. The second-order valence-electron chi connectivity index (χ2n) is 6.10. The second-order valence-corrected chi connectivity index (χ2v) is 6.57. The Kier molecular flexibility index (Phi) is 6.98. The number of ether oxygens (including phenoxy) is 3. The fourth-order valence-corrected chi connectivity index (χ4v) is 3.30. The van der Waals surface area contributed by atoms with Crippen molar-refractivity contribution in [2.75, 3.05) is 14.2 Å². The number of methoxy groups -OCH3 is 2. The molecule has 0 aromatic heterocycles. The summed E-state index contributed by atoms with van der Waals surface area (Å²) in [5.41, 5.74) is -0.501. The molecule has 0 aromatic carbocycles. The summed E-state index contributed by atoms with van der Waals surface area (Å²) in [5, 5.41) is 48.7. The molecule has 0 unspecified atom stereocenters. The van der Waals surface area contributed by atoms with E-state index in [-0.39, 0.29) is 11.1 Å². The van der Waals surface area contributed by atoms with Gasteiger partial charge in [-0.3, -0.25) is 0 Å². The molecule has 0 saturated carbocycles. The summed E-state index contributed by atoms with van der Waals surface area (Å²) in [7, 11) is 2.16. The Morgan fingerprint density at radius 3 is 1.89 bits per heavy atom. The van der Waals surface area contributed by atoms with E-state index in [0.717, 1.165) is 26.4 Å². The van der Waals surface area contributed by atoms with Crippen LogP contribution in [0, 0.1) is 0 Å². The highest BCUT2D eigenvalue weighted by Crippen LogP contribution is 2.33. The van der Waals surface area contributed by atoms with Gasteiger partial charge in [0.25, 0.3) is 0 Å². The highest BCUT2D eigenvalue weighted by atomic mass is 35.5. The van der Waals surface area contributed by atoms with Crippen LogP contribution in [0.15, 0.2) is 23.3 Å². The first kappa shape index (κ1) is 21.8. The zero-order valence-electron chi connectivity index (χ0n) is 14.4. The lowest BCUT2D eigenvalue weighted by atomic mass is 9.87. The van der Waals surface area contributed by atoms with Crippen molar-refractivity contribution in [3.8, 4) is 0 Å². The minimum Gasteiger partial charge on any atom is -0.466 e. The number of alkyl halides is 1. The first-order valence-electron chi connectivity index (χ1n) is 7.93. The molecule has 0 fully saturated rings. The van der Waals surface area contributed by atoms with Crippen molar-refractivity contribution in [1.82, 2.24) is 0 Å². The van der Waals surface area contributed by atoms with Gasteiger partial charge in [-0.15, -0.1) is 11.6 Å². The molecule has 152 valence electrons. The fourth-order valence-electron chi connectivity index (χ4n) is 2.93. The van der Waals surface area contributed by atoms with E-state index in [2.05, 4.69) is 9.47 Å². The molecular formula is C16H21ClO10. The zero-order chi connectivity index (χ0) is 20.5. The van der Waals surface area contributed by atoms with E-state index in [4.69, 9.17) is 16.3 Å². The summed E-state index contributed by atoms with van der Waals surface area (Å²) in [5.74, 6) is -1.82. The van der Waals surface area contributed by atoms with Crippen LogP contribution >= 0.6 is 11.6 Å². The molecule has 11 heteroatoms. The van der Waals surface area contributed by atoms with Crippen LogP contribution in [0.3, 0.4) is 0 Å². The van der Waals surface area contributed by atoms with Gasteiger partial charge in [-0.25, -0.2) is 9.59 Å². The molecule has 0 saturated heterocycles. The van der Waals surface area contributed by atoms with E-state index in [0.29, 0.717) is 0 Å². The van der Waals surface area contributed by atoms with E-state index in [1.54, 1.807) is 0 Å². The quantitative estimate of drug-likeness (QED) is 0.246. The Morgan fingerprint density at radius 1 is 0.852 bits per heavy atom. The molecule has 2 aliphatic carbocycles. The van der Waals surface area contributed by atoms with Gasteiger partial charge >= 0.3 is 11.9 Å². The molecule has 0 aromatic rings. The van der Waals surface area contributed by atoms with Crippen molar-refractivity contribution in [3.05, 3.63) is 23.3 Å². The smallest absolute Gasteiger partial charge is 0.336 e. The molecule has 0 aliphatic heterocycles. The molecule has 10 nitrogen and oxygen atoms in total. The maximum absolute atomic E-state index is 12.0. The third-order valence-corrected chi connectivity index (χ3v) is 4.92. The number of carbonyl (C=O) groups is 2. The normalized spacial score (nSPS) is 39.3. The zero-order valence-corrected chi connectivity index (χ0v) is 15.2. The maximum Gasteiger partial charge on any atom is 0.336 e. The van der Waals surface area contributed by atoms with Crippen molar-refractivity contribution >= 4 is 23.5 Å². The van der Waals surface area contributed by atoms with Gasteiger partial charge in [-0.1, -0.05) is 0 Å². The van der Waals surface area contributed by atoms with Crippen LogP contribution in [-0.4, -0.2) is 99.8 Å². The largest absolute Gasteiger partial charge is 0.466 e. The van der Waals surface area contributed by atoms with E-state index >= 15 is 0 Å². The van der Waals surface area contributed by atoms with Gasteiger partial charge in [0.2, 0.25) is 0 Å². The minimum absolute atomic E-state index is 0.184. The number of aliphatic hydroxyl groups excluding tert-OH is 5. The molecule has 0 heterocycles. The first-order valence-corrected chi connectivity index (χ1v) is 8.37. The molecule has 2 rings (SSSR count). The van der Waals surface area contributed by atoms with Crippen molar-refractivity contribution < 1.29 is 49.3 Å². The number of hydrogen-bond donors (Lipinski definition) is 5. The Morgan fingerprint density at radius 2 is 1.33 bits per heavy atom. The van der Waals surface area contributed by atoms with Crippen molar-refractivity contribution in [2.24, 2.45) is 0 Å². The number of rotatable bonds is 4. The molecule has 0 amide bonds. The van der Waals surface area contributed by atoms with E-state index in [9.17, 15) is 35.1 Å². The van der Waals surface area contributed by atoms with Crippen LogP contribution in [0.1, 0.15) is 0 Å². The molecule has 0 bridgehead atoms. The highest BCUT2D eigenvalue weighted by Gasteiger charge is 2.47.